The monoisotopic (exact) mass is 404 g/mol. The molecule has 6 heteroatoms. The molecule has 2 heterocycles. The van der Waals surface area contributed by atoms with Gasteiger partial charge in [-0.2, -0.15) is 0 Å². The van der Waals surface area contributed by atoms with Gasteiger partial charge in [0.1, 0.15) is 11.9 Å². The summed E-state index contributed by atoms with van der Waals surface area (Å²) in [5.41, 5.74) is 2.47. The molecule has 1 N–H and O–H groups in total. The summed E-state index contributed by atoms with van der Waals surface area (Å²) in [6.07, 6.45) is 3.70. The number of nitrogens with zero attached hydrogens (tertiary/aromatic N) is 2. The first-order valence-electron chi connectivity index (χ1n) is 9.99. The van der Waals surface area contributed by atoms with Crippen molar-refractivity contribution in [2.24, 2.45) is 5.92 Å². The molecule has 2 aromatic carbocycles. The summed E-state index contributed by atoms with van der Waals surface area (Å²) < 4.78 is 7.86. The maximum Gasteiger partial charge on any atom is 0.337 e. The number of para-hydroxylation sites is 1. The smallest absolute Gasteiger partial charge is 0.337 e. The highest BCUT2D eigenvalue weighted by molar-refractivity contribution is 5.97. The Hall–Kier alpha value is -3.54. The first kappa shape index (κ1) is 19.8. The van der Waals surface area contributed by atoms with Crippen molar-refractivity contribution >= 4 is 17.4 Å². The fourth-order valence-electron chi connectivity index (χ4n) is 3.65. The van der Waals surface area contributed by atoms with E-state index in [-0.39, 0.29) is 23.4 Å². The molecule has 3 aromatic rings. The average molecular weight is 404 g/mol. The van der Waals surface area contributed by atoms with Gasteiger partial charge in [-0.15, -0.1) is 0 Å². The van der Waals surface area contributed by atoms with Crippen LogP contribution < -0.4 is 9.64 Å². The molecule has 0 unspecified atom stereocenters. The highest BCUT2D eigenvalue weighted by Crippen LogP contribution is 2.32. The van der Waals surface area contributed by atoms with Crippen LogP contribution in [0.25, 0.3) is 5.69 Å². The van der Waals surface area contributed by atoms with Crippen LogP contribution in [0.5, 0.6) is 5.75 Å². The van der Waals surface area contributed by atoms with Gasteiger partial charge < -0.3 is 19.3 Å². The number of rotatable bonds is 7. The summed E-state index contributed by atoms with van der Waals surface area (Å²) in [5.74, 6) is -0.143. The van der Waals surface area contributed by atoms with Crippen molar-refractivity contribution in [3.63, 3.8) is 0 Å². The van der Waals surface area contributed by atoms with Gasteiger partial charge in [-0.05, 0) is 48.5 Å². The molecule has 1 aromatic heterocycles. The molecule has 0 atom stereocenters. The second-order valence-corrected chi connectivity index (χ2v) is 7.76. The zero-order valence-corrected chi connectivity index (χ0v) is 17.0. The van der Waals surface area contributed by atoms with Crippen LogP contribution in [0.15, 0.2) is 67.0 Å². The average Bonchev–Trinajstić information content (AvgIpc) is 3.24. The molecule has 0 spiro atoms. The van der Waals surface area contributed by atoms with E-state index in [0.717, 1.165) is 11.4 Å². The molecule has 1 fully saturated rings. The number of anilines is 1. The predicted octanol–water partition coefficient (Wildman–Crippen LogP) is 4.28. The van der Waals surface area contributed by atoms with Crippen LogP contribution in [0.3, 0.4) is 0 Å². The summed E-state index contributed by atoms with van der Waals surface area (Å²) in [6.45, 7) is 5.09. The number of carbonyl (C=O) groups is 2. The Labute approximate surface area is 175 Å². The normalized spacial score (nSPS) is 13.9. The standard InChI is InChI=1S/C24H24N2O4/c1-16(2)23(27)17-8-10-18(11-9-17)30-19-14-26(15-19)21-7-5-6-20(24(28)29)22(21)25-12-3-4-13-25/h3-13,16,19H,14-15H2,1-2H3,(H,28,29). The maximum atomic E-state index is 12.1. The lowest BCUT2D eigenvalue weighted by molar-refractivity contribution is 0.0696. The van der Waals surface area contributed by atoms with Crippen molar-refractivity contribution in [3.8, 4) is 11.4 Å². The number of hydrogen-bond acceptors (Lipinski definition) is 4. The minimum absolute atomic E-state index is 0.00245. The van der Waals surface area contributed by atoms with Crippen molar-refractivity contribution in [3.05, 3.63) is 78.1 Å². The SMILES string of the molecule is CC(C)C(=O)c1ccc(OC2CN(c3cccc(C(=O)O)c3-n3cccc3)C2)cc1. The van der Waals surface area contributed by atoms with Gasteiger partial charge in [-0.25, -0.2) is 4.79 Å². The number of carboxylic acids is 1. The van der Waals surface area contributed by atoms with Gasteiger partial charge in [0, 0.05) is 23.9 Å². The van der Waals surface area contributed by atoms with Crippen molar-refractivity contribution in [2.75, 3.05) is 18.0 Å². The van der Waals surface area contributed by atoms with E-state index in [1.54, 1.807) is 24.3 Å². The molecule has 0 amide bonds. The van der Waals surface area contributed by atoms with Crippen LogP contribution in [0.1, 0.15) is 34.6 Å². The summed E-state index contributed by atoms with van der Waals surface area (Å²) >= 11 is 0. The van der Waals surface area contributed by atoms with E-state index >= 15 is 0 Å². The van der Waals surface area contributed by atoms with Crippen molar-refractivity contribution < 1.29 is 19.4 Å². The second-order valence-electron chi connectivity index (χ2n) is 7.76. The number of benzene rings is 2. The number of hydrogen-bond donors (Lipinski definition) is 1. The van der Waals surface area contributed by atoms with Gasteiger partial charge in [0.25, 0.3) is 0 Å². The third kappa shape index (κ3) is 3.81. The quantitative estimate of drug-likeness (QED) is 0.595. The van der Waals surface area contributed by atoms with Crippen molar-refractivity contribution in [1.82, 2.24) is 4.57 Å². The van der Waals surface area contributed by atoms with Crippen LogP contribution in [-0.4, -0.2) is 40.6 Å². The fraction of sp³-hybridized carbons (Fsp3) is 0.250. The molecule has 0 radical (unpaired) electrons. The molecule has 154 valence electrons. The number of carboxylic acid groups (broad SMARTS) is 1. The Morgan fingerprint density at radius 2 is 1.67 bits per heavy atom. The molecular formula is C24H24N2O4. The van der Waals surface area contributed by atoms with Gasteiger partial charge in [0.05, 0.1) is 30.0 Å². The number of ketones is 1. The van der Waals surface area contributed by atoms with Gasteiger partial charge in [0.15, 0.2) is 5.78 Å². The minimum Gasteiger partial charge on any atom is -0.487 e. The van der Waals surface area contributed by atoms with Crippen LogP contribution in [0.2, 0.25) is 0 Å². The minimum atomic E-state index is -0.954. The van der Waals surface area contributed by atoms with Gasteiger partial charge in [0.2, 0.25) is 0 Å². The Bertz CT molecular complexity index is 1050. The predicted molar refractivity (Wildman–Crippen MR) is 115 cm³/mol. The largest absolute Gasteiger partial charge is 0.487 e. The first-order valence-corrected chi connectivity index (χ1v) is 9.99. The highest BCUT2D eigenvalue weighted by atomic mass is 16.5. The first-order chi connectivity index (χ1) is 14.4. The van der Waals surface area contributed by atoms with Crippen LogP contribution >= 0.6 is 0 Å². The van der Waals surface area contributed by atoms with Gasteiger partial charge in [-0.3, -0.25) is 4.79 Å². The van der Waals surface area contributed by atoms with Crippen molar-refractivity contribution in [1.29, 1.82) is 0 Å². The van der Waals surface area contributed by atoms with E-state index in [0.29, 0.717) is 24.3 Å². The lowest BCUT2D eigenvalue weighted by Gasteiger charge is -2.41. The summed E-state index contributed by atoms with van der Waals surface area (Å²) in [6, 6.07) is 16.3. The van der Waals surface area contributed by atoms with E-state index in [2.05, 4.69) is 4.90 Å². The van der Waals surface area contributed by atoms with Gasteiger partial charge >= 0.3 is 5.97 Å². The molecular weight excluding hydrogens is 380 g/mol. The molecule has 0 bridgehead atoms. The van der Waals surface area contributed by atoms with E-state index in [1.807, 2.05) is 61.1 Å². The number of carbonyl (C=O) groups excluding carboxylic acids is 1. The second kappa shape index (κ2) is 8.06. The Balaban J connectivity index is 1.47. The number of aromatic carboxylic acids is 1. The van der Waals surface area contributed by atoms with E-state index < -0.39 is 5.97 Å². The number of aromatic nitrogens is 1. The molecule has 1 saturated heterocycles. The molecule has 1 aliphatic heterocycles. The van der Waals surface area contributed by atoms with Crippen LogP contribution in [0.4, 0.5) is 5.69 Å². The zero-order valence-electron chi connectivity index (χ0n) is 17.0. The Morgan fingerprint density at radius 3 is 2.27 bits per heavy atom. The van der Waals surface area contributed by atoms with E-state index in [1.165, 1.54) is 0 Å². The molecule has 1 aliphatic rings. The Morgan fingerprint density at radius 1 is 1.00 bits per heavy atom. The fourth-order valence-corrected chi connectivity index (χ4v) is 3.65. The molecule has 0 saturated carbocycles. The third-order valence-corrected chi connectivity index (χ3v) is 5.26. The third-order valence-electron chi connectivity index (χ3n) is 5.26. The molecule has 0 aliphatic carbocycles. The van der Waals surface area contributed by atoms with E-state index in [9.17, 15) is 14.7 Å². The summed E-state index contributed by atoms with van der Waals surface area (Å²) in [4.78, 5) is 25.9. The Kier molecular flexibility index (Phi) is 5.31. The molecule has 4 rings (SSSR count). The summed E-state index contributed by atoms with van der Waals surface area (Å²) in [7, 11) is 0. The lowest BCUT2D eigenvalue weighted by atomic mass is 10.0. The number of Topliss-reactive ketones (excluding diaryl/α,β-unsaturated/α-hetero) is 1. The van der Waals surface area contributed by atoms with Crippen molar-refractivity contribution in [2.45, 2.75) is 20.0 Å². The van der Waals surface area contributed by atoms with Crippen LogP contribution in [0, 0.1) is 5.92 Å². The van der Waals surface area contributed by atoms with Crippen LogP contribution in [-0.2, 0) is 0 Å². The molecule has 30 heavy (non-hydrogen) atoms. The molecule has 6 nitrogen and oxygen atoms in total. The van der Waals surface area contributed by atoms with Gasteiger partial charge in [-0.1, -0.05) is 19.9 Å². The topological polar surface area (TPSA) is 71.8 Å². The lowest BCUT2D eigenvalue weighted by Crippen LogP contribution is -2.54. The van der Waals surface area contributed by atoms with E-state index in [4.69, 9.17) is 4.74 Å². The highest BCUT2D eigenvalue weighted by Gasteiger charge is 2.31. The number of ether oxygens (including phenoxy) is 1. The zero-order chi connectivity index (χ0) is 21.3. The maximum absolute atomic E-state index is 12.1. The summed E-state index contributed by atoms with van der Waals surface area (Å²) in [5, 5.41) is 9.62.